The van der Waals surface area contributed by atoms with Crippen molar-refractivity contribution >= 4 is 17.6 Å². The van der Waals surface area contributed by atoms with Gasteiger partial charge < -0.3 is 14.9 Å². The maximum atomic E-state index is 11.6. The molecule has 0 atom stereocenters. The van der Waals surface area contributed by atoms with Crippen LogP contribution in [0.1, 0.15) is 90.3 Å². The number of benzene rings is 1. The molecule has 34 heavy (non-hydrogen) atoms. The lowest BCUT2D eigenvalue weighted by Crippen LogP contribution is -2.11. The number of hydrogen-bond acceptors (Lipinski definition) is 5. The third kappa shape index (κ3) is 13.7. The molecule has 0 fully saturated rings. The molecule has 0 saturated carbocycles. The van der Waals surface area contributed by atoms with Gasteiger partial charge in [-0.1, -0.05) is 65.3 Å². The van der Waals surface area contributed by atoms with E-state index in [1.807, 2.05) is 80.5 Å². The molecule has 0 unspecified atom stereocenters. The average molecular weight is 498 g/mol. The zero-order valence-corrected chi connectivity index (χ0v) is 24.4. The van der Waals surface area contributed by atoms with Gasteiger partial charge in [0.05, 0.1) is 42.1 Å². The Morgan fingerprint density at radius 1 is 1.00 bits per heavy atom. The fourth-order valence-electron chi connectivity index (χ4n) is 2.44. The van der Waals surface area contributed by atoms with E-state index in [4.69, 9.17) is 16.7 Å². The van der Waals surface area contributed by atoms with Crippen molar-refractivity contribution in [3.63, 3.8) is 0 Å². The Morgan fingerprint density at radius 3 is 1.85 bits per heavy atom. The van der Waals surface area contributed by atoms with Crippen molar-refractivity contribution in [1.82, 2.24) is 4.98 Å². The lowest BCUT2D eigenvalue weighted by molar-refractivity contribution is -0.139. The Kier molecular flexibility index (Phi) is 20.9. The molecular weight excluding hydrogens is 450 g/mol. The van der Waals surface area contributed by atoms with E-state index in [-0.39, 0.29) is 13.0 Å². The van der Waals surface area contributed by atoms with Gasteiger partial charge in [0, 0.05) is 11.1 Å². The highest BCUT2D eigenvalue weighted by Crippen LogP contribution is 2.32. The molecule has 1 aromatic carbocycles. The van der Waals surface area contributed by atoms with Crippen molar-refractivity contribution in [2.24, 2.45) is 0 Å². The number of aliphatic hydroxyl groups excluding tert-OH is 1. The summed E-state index contributed by atoms with van der Waals surface area (Å²) in [6, 6.07) is 6.05. The first-order chi connectivity index (χ1) is 15.9. The number of methoxy groups -OCH3 is 1. The maximum Gasteiger partial charge on any atom is 0.310 e. The minimum Gasteiger partial charge on any atom is -0.469 e. The fraction of sp³-hybridized carbons (Fsp3) is 0.571. The lowest BCUT2D eigenvalue weighted by atomic mass is 9.98. The number of halogens is 1. The molecule has 1 aromatic heterocycles. The maximum absolute atomic E-state index is 11.6. The molecule has 0 radical (unpaired) electrons. The van der Waals surface area contributed by atoms with E-state index in [0.717, 1.165) is 22.4 Å². The van der Waals surface area contributed by atoms with Crippen molar-refractivity contribution in [2.75, 3.05) is 7.11 Å². The van der Waals surface area contributed by atoms with Crippen LogP contribution >= 0.6 is 11.6 Å². The zero-order chi connectivity index (χ0) is 27.6. The van der Waals surface area contributed by atoms with Crippen LogP contribution < -0.4 is 0 Å². The smallest absolute Gasteiger partial charge is 0.310 e. The molecule has 0 aliphatic rings. The number of carbonyl (C=O) groups is 1. The van der Waals surface area contributed by atoms with Gasteiger partial charge in [-0.15, -0.1) is 0 Å². The zero-order valence-electron chi connectivity index (χ0n) is 23.7. The number of rotatable bonds is 4. The van der Waals surface area contributed by atoms with Gasteiger partial charge >= 0.3 is 5.97 Å². The number of aliphatic hydroxyl groups is 2. The van der Waals surface area contributed by atoms with E-state index in [1.54, 1.807) is 20.8 Å². The van der Waals surface area contributed by atoms with Crippen LogP contribution in [-0.2, 0) is 22.6 Å². The van der Waals surface area contributed by atoms with Crippen LogP contribution in [0.4, 0.5) is 0 Å². The molecule has 1 heterocycles. The highest BCUT2D eigenvalue weighted by molar-refractivity contribution is 6.32. The molecule has 2 N–H and O–H groups in total. The highest BCUT2D eigenvalue weighted by Gasteiger charge is 2.19. The predicted octanol–water partition coefficient (Wildman–Crippen LogP) is 7.39. The van der Waals surface area contributed by atoms with Gasteiger partial charge in [0.2, 0.25) is 0 Å². The number of nitrogens with zero attached hydrogens (tertiary/aromatic N) is 1. The van der Waals surface area contributed by atoms with Gasteiger partial charge in [-0.3, -0.25) is 4.79 Å². The number of aromatic nitrogens is 1. The molecule has 5 nitrogen and oxygen atoms in total. The van der Waals surface area contributed by atoms with Crippen LogP contribution in [0.2, 0.25) is 5.02 Å². The number of ether oxygens (including phenoxy) is 1. The summed E-state index contributed by atoms with van der Waals surface area (Å²) in [7, 11) is 1.32. The van der Waals surface area contributed by atoms with E-state index in [9.17, 15) is 9.90 Å². The molecule has 6 heteroatoms. The summed E-state index contributed by atoms with van der Waals surface area (Å²) in [5, 5.41) is 18.6. The fourth-order valence-corrected chi connectivity index (χ4v) is 2.71. The molecular formula is C28H48ClNO4. The van der Waals surface area contributed by atoms with Crippen molar-refractivity contribution in [3.8, 4) is 11.3 Å². The van der Waals surface area contributed by atoms with E-state index < -0.39 is 11.6 Å². The molecule has 2 rings (SSSR count). The summed E-state index contributed by atoms with van der Waals surface area (Å²) >= 11 is 6.45. The van der Waals surface area contributed by atoms with Crippen LogP contribution in [0.25, 0.3) is 11.3 Å². The third-order valence-corrected chi connectivity index (χ3v) is 4.53. The number of carbonyl (C=O) groups excluding carboxylic acids is 1. The van der Waals surface area contributed by atoms with Crippen molar-refractivity contribution in [1.29, 1.82) is 0 Å². The number of aryl methyl sites for hydroxylation is 2. The van der Waals surface area contributed by atoms with Crippen molar-refractivity contribution in [2.45, 2.75) is 102 Å². The predicted molar refractivity (Wildman–Crippen MR) is 147 cm³/mol. The van der Waals surface area contributed by atoms with Gasteiger partial charge in [-0.05, 0) is 64.3 Å². The second-order valence-electron chi connectivity index (χ2n) is 7.71. The topological polar surface area (TPSA) is 79.7 Å². The average Bonchev–Trinajstić information content (AvgIpc) is 2.82. The summed E-state index contributed by atoms with van der Waals surface area (Å²) in [5.41, 5.74) is 5.21. The molecule has 0 aliphatic heterocycles. The quantitative estimate of drug-likeness (QED) is 0.430. The first-order valence-electron chi connectivity index (χ1n) is 12.0. The van der Waals surface area contributed by atoms with E-state index >= 15 is 0 Å². The van der Waals surface area contributed by atoms with Crippen LogP contribution in [0.5, 0.6) is 0 Å². The molecule has 2 aromatic rings. The minimum atomic E-state index is -0.500. The highest BCUT2D eigenvalue weighted by atomic mass is 35.5. The lowest BCUT2D eigenvalue weighted by Gasteiger charge is -2.15. The minimum absolute atomic E-state index is 0.00767. The summed E-state index contributed by atoms with van der Waals surface area (Å²) in [5.74, 6) is -0.415. The third-order valence-electron chi connectivity index (χ3n) is 4.02. The summed E-state index contributed by atoms with van der Waals surface area (Å²) in [4.78, 5) is 16.1. The summed E-state index contributed by atoms with van der Waals surface area (Å²) in [6.07, 6.45) is -0.00767. The van der Waals surface area contributed by atoms with E-state index in [0.29, 0.717) is 16.3 Å². The van der Waals surface area contributed by atoms with Gasteiger partial charge in [0.1, 0.15) is 0 Å². The van der Waals surface area contributed by atoms with Crippen molar-refractivity contribution in [3.05, 3.63) is 51.2 Å². The Balaban J connectivity index is -0.000000748. The molecule has 0 bridgehead atoms. The van der Waals surface area contributed by atoms with Crippen LogP contribution in [0.15, 0.2) is 18.2 Å². The Hall–Kier alpha value is -1.95. The van der Waals surface area contributed by atoms with Gasteiger partial charge in [0.25, 0.3) is 0 Å². The molecule has 0 amide bonds. The van der Waals surface area contributed by atoms with Crippen molar-refractivity contribution < 1.29 is 19.7 Å². The number of pyridine rings is 1. The van der Waals surface area contributed by atoms with Gasteiger partial charge in [-0.2, -0.15) is 0 Å². The Labute approximate surface area is 213 Å². The number of esters is 1. The Bertz CT molecular complexity index is 837. The number of hydrogen-bond donors (Lipinski definition) is 2. The largest absolute Gasteiger partial charge is 0.469 e. The van der Waals surface area contributed by atoms with Crippen LogP contribution in [-0.4, -0.2) is 33.9 Å². The summed E-state index contributed by atoms with van der Waals surface area (Å²) < 4.78 is 4.69. The van der Waals surface area contributed by atoms with Crippen LogP contribution in [0.3, 0.4) is 0 Å². The second-order valence-corrected chi connectivity index (χ2v) is 8.08. The molecule has 0 aliphatic carbocycles. The van der Waals surface area contributed by atoms with Crippen LogP contribution in [0, 0.1) is 20.8 Å². The second kappa shape index (κ2) is 19.4. The first kappa shape index (κ1) is 36.6. The Morgan fingerprint density at radius 2 is 1.47 bits per heavy atom. The standard InChI is InChI=1S/C18H20ClNO3.C4H10O.3C2H6/c1-10-5-6-13(7-11(10)2)18-12(3)17(19)14(8-16(22)23-4)15(9-21)20-18;1-4(2,3)5;3*1-2/h5-7,21H,8-9H2,1-4H3;5H,1-3H3;3*1-2H3. The molecule has 0 saturated heterocycles. The normalized spacial score (nSPS) is 9.53. The SMILES string of the molecule is CC.CC.CC.CC(C)(C)O.COC(=O)Cc1c(CO)nc(-c2ccc(C)c(C)c2)c(C)c1Cl. The monoisotopic (exact) mass is 497 g/mol. The molecule has 196 valence electrons. The first-order valence-corrected chi connectivity index (χ1v) is 12.4. The van der Waals surface area contributed by atoms with Gasteiger partial charge in [-0.25, -0.2) is 4.98 Å². The summed E-state index contributed by atoms with van der Waals surface area (Å²) in [6.45, 7) is 22.9. The van der Waals surface area contributed by atoms with Gasteiger partial charge in [0.15, 0.2) is 0 Å². The molecule has 0 spiro atoms. The van der Waals surface area contributed by atoms with E-state index in [1.165, 1.54) is 12.7 Å². The van der Waals surface area contributed by atoms with E-state index in [2.05, 4.69) is 9.72 Å².